The number of fused-ring (bicyclic) bond motifs is 2. The molecule has 65 heavy (non-hydrogen) atoms. The first kappa shape index (κ1) is 48.9. The summed E-state index contributed by atoms with van der Waals surface area (Å²) in [6.45, 7) is 2.87. The van der Waals surface area contributed by atoms with Gasteiger partial charge in [0.05, 0.1) is 39.8 Å². The Hall–Kier alpha value is -5.53. The van der Waals surface area contributed by atoms with Gasteiger partial charge in [-0.15, -0.1) is 0 Å². The van der Waals surface area contributed by atoms with Crippen LogP contribution >= 0.6 is 11.6 Å². The molecule has 0 atom stereocenters. The molecule has 6 rings (SSSR count). The zero-order valence-electron chi connectivity index (χ0n) is 33.3. The summed E-state index contributed by atoms with van der Waals surface area (Å²) in [5.74, 6) is -4.64. The van der Waals surface area contributed by atoms with Crippen molar-refractivity contribution in [1.82, 2.24) is 15.0 Å². The minimum absolute atomic E-state index is 0.0442. The first-order valence-electron chi connectivity index (χ1n) is 17.9. The lowest BCUT2D eigenvalue weighted by Crippen LogP contribution is -2.25. The van der Waals surface area contributed by atoms with Crippen molar-refractivity contribution in [2.75, 3.05) is 23.4 Å². The highest BCUT2D eigenvalue weighted by atomic mass is 35.5. The van der Waals surface area contributed by atoms with E-state index in [9.17, 15) is 70.4 Å². The van der Waals surface area contributed by atoms with Crippen LogP contribution in [0.1, 0.15) is 71.3 Å². The van der Waals surface area contributed by atoms with Gasteiger partial charge in [-0.25, -0.2) is 27.6 Å². The predicted molar refractivity (Wildman–Crippen MR) is 226 cm³/mol. The zero-order chi connectivity index (χ0) is 48.5. The van der Waals surface area contributed by atoms with E-state index in [0.717, 1.165) is 12.1 Å². The van der Waals surface area contributed by atoms with Crippen LogP contribution in [-0.2, 0) is 67.6 Å². The Morgan fingerprint density at radius 2 is 1.26 bits per heavy atom. The van der Waals surface area contributed by atoms with Gasteiger partial charge in [-0.05, 0) is 72.8 Å². The Bertz CT molecular complexity index is 3510. The molecule has 0 saturated heterocycles. The Kier molecular flexibility index (Phi) is 12.8. The summed E-state index contributed by atoms with van der Waals surface area (Å²) < 4.78 is 167. The van der Waals surface area contributed by atoms with Gasteiger partial charge in [0, 0.05) is 35.2 Å². The molecule has 8 N–H and O–H groups in total. The number of aromatic hydroxyl groups is 1. The van der Waals surface area contributed by atoms with Gasteiger partial charge in [-0.2, -0.15) is 33.7 Å². The van der Waals surface area contributed by atoms with Crippen molar-refractivity contribution in [2.45, 2.75) is 53.2 Å². The molecule has 0 aliphatic heterocycles. The molecule has 23 nitrogen and oxygen atoms in total. The number of phenolic OH excluding ortho intramolecular Hbond substituents is 1. The highest BCUT2D eigenvalue weighted by Crippen LogP contribution is 2.43. The van der Waals surface area contributed by atoms with Crippen LogP contribution in [0, 0.1) is 20.8 Å². The third-order valence-corrected chi connectivity index (χ3v) is 15.2. The highest BCUT2D eigenvalue weighted by molar-refractivity contribution is 7.91. The number of carbonyl (C=O) groups excluding carboxylic acids is 2. The van der Waals surface area contributed by atoms with E-state index in [0.29, 0.717) is 6.07 Å². The van der Waals surface area contributed by atoms with Gasteiger partial charge in [0.2, 0.25) is 5.28 Å². The van der Waals surface area contributed by atoms with E-state index in [1.54, 1.807) is 0 Å². The molecule has 1 aromatic heterocycles. The number of aromatic nitrogens is 3. The number of rotatable bonds is 14. The van der Waals surface area contributed by atoms with E-state index in [2.05, 4.69) is 24.5 Å². The zero-order valence-corrected chi connectivity index (χ0v) is 38.1. The third kappa shape index (κ3) is 9.87. The lowest BCUT2D eigenvalue weighted by Gasteiger charge is -2.26. The SMILES string of the molecule is Cc1c(Cc2nc(Cl)nc(Cc3cc(S(=O)(=O)CCOS(=O)(=O)O)cc(S(=O)(=O)O)c3O)n2)c(C)c(S(=O)(=O)O)c(C)c1Nc1cc(S(=O)(=O)O)c(N)c2c1C(=O)c1ccccc1C2=O. The van der Waals surface area contributed by atoms with Gasteiger partial charge < -0.3 is 16.2 Å². The summed E-state index contributed by atoms with van der Waals surface area (Å²) in [5, 5.41) is 13.1. The van der Waals surface area contributed by atoms with Crippen molar-refractivity contribution in [3.8, 4) is 5.75 Å². The summed E-state index contributed by atoms with van der Waals surface area (Å²) in [7, 11) is -25.4. The topological polar surface area (TPSA) is 392 Å². The predicted octanol–water partition coefficient (Wildman–Crippen LogP) is 2.77. The van der Waals surface area contributed by atoms with E-state index in [1.165, 1.54) is 45.0 Å². The van der Waals surface area contributed by atoms with Gasteiger partial charge in [0.25, 0.3) is 30.4 Å². The van der Waals surface area contributed by atoms with Crippen LogP contribution in [0.3, 0.4) is 0 Å². The Labute approximate surface area is 374 Å². The number of nitrogens with two attached hydrogens (primary N) is 1. The molecule has 1 aliphatic rings. The van der Waals surface area contributed by atoms with Crippen LogP contribution < -0.4 is 11.1 Å². The molecule has 0 saturated carbocycles. The van der Waals surface area contributed by atoms with E-state index in [1.807, 2.05) is 0 Å². The van der Waals surface area contributed by atoms with E-state index in [4.69, 9.17) is 21.9 Å². The quantitative estimate of drug-likeness (QED) is 0.0609. The largest absolute Gasteiger partial charge is 0.506 e. The van der Waals surface area contributed by atoms with Gasteiger partial charge in [-0.3, -0.25) is 27.8 Å². The lowest BCUT2D eigenvalue weighted by atomic mass is 9.82. The molecule has 1 heterocycles. The molecule has 5 aromatic rings. The van der Waals surface area contributed by atoms with E-state index >= 15 is 0 Å². The number of halogens is 1. The van der Waals surface area contributed by atoms with Crippen LogP contribution in [0.15, 0.2) is 62.0 Å². The maximum absolute atomic E-state index is 14.0. The van der Waals surface area contributed by atoms with Crippen molar-refractivity contribution < 1.29 is 79.2 Å². The Balaban J connectivity index is 1.49. The molecule has 0 unspecified atom stereocenters. The van der Waals surface area contributed by atoms with E-state index < -0.39 is 146 Å². The monoisotopic (exact) mass is 1020 g/mol. The molecule has 0 spiro atoms. The molecular formula is C36H32ClN5O18S5. The second-order valence-electron chi connectivity index (χ2n) is 14.2. The fraction of sp³-hybridized carbons (Fsp3) is 0.194. The standard InChI is InChI=1S/C36H32ClN5O18S5/c1-15-22(13-27-40-26(41-36(37)42-27)11-18-10-19(12-25(32(18)43)63(51,52)53)61(46,47)9-8-60-65(57,58)59)16(2)35(64(54,55)56)17(3)31(15)39-23-14-24(62(48,49)50)30(38)29-28(23)33(44)20-6-4-5-7-21(20)34(29)45/h4-7,10,12,14,39,43H,8-9,11,13,38H2,1-3H3,(H,48,49,50)(H,51,52,53)(H,54,55,56)(H,57,58,59). The number of phenols is 1. The summed E-state index contributed by atoms with van der Waals surface area (Å²) in [6, 6.07) is 7.44. The van der Waals surface area contributed by atoms with Gasteiger partial charge in [0.15, 0.2) is 21.4 Å². The summed E-state index contributed by atoms with van der Waals surface area (Å²) >= 11 is 6.24. The van der Waals surface area contributed by atoms with Crippen molar-refractivity contribution in [2.24, 2.45) is 0 Å². The van der Waals surface area contributed by atoms with Crippen molar-refractivity contribution in [3.05, 3.63) is 109 Å². The van der Waals surface area contributed by atoms with Gasteiger partial charge in [-0.1, -0.05) is 24.3 Å². The number of ketones is 2. The Morgan fingerprint density at radius 3 is 1.80 bits per heavy atom. The normalized spacial score (nSPS) is 13.4. The van der Waals surface area contributed by atoms with Crippen LogP contribution in [0.5, 0.6) is 5.75 Å². The number of nitrogen functional groups attached to an aromatic ring is 1. The third-order valence-electron chi connectivity index (χ3n) is 10.1. The minimum atomic E-state index is -5.34. The summed E-state index contributed by atoms with van der Waals surface area (Å²) in [4.78, 5) is 36.2. The number of carbonyl (C=O) groups is 2. The molecule has 29 heteroatoms. The molecule has 0 radical (unpaired) electrons. The van der Waals surface area contributed by atoms with Crippen LogP contribution in [-0.4, -0.2) is 104 Å². The van der Waals surface area contributed by atoms with Crippen LogP contribution in [0.4, 0.5) is 17.1 Å². The van der Waals surface area contributed by atoms with Crippen molar-refractivity contribution in [1.29, 1.82) is 0 Å². The summed E-state index contributed by atoms with van der Waals surface area (Å²) in [6.07, 6.45) is -1.21. The number of sulfone groups is 1. The first-order valence-corrected chi connectivity index (χ1v) is 25.6. The van der Waals surface area contributed by atoms with Crippen molar-refractivity contribution >= 4 is 90.8 Å². The van der Waals surface area contributed by atoms with Crippen LogP contribution in [0.2, 0.25) is 5.28 Å². The highest BCUT2D eigenvalue weighted by Gasteiger charge is 2.37. The fourth-order valence-electron chi connectivity index (χ4n) is 7.26. The molecule has 1 aliphatic carbocycles. The summed E-state index contributed by atoms with van der Waals surface area (Å²) in [5.41, 5.74) is 2.89. The number of anilines is 3. The molecular weight excluding hydrogens is 986 g/mol. The molecule has 4 aromatic carbocycles. The minimum Gasteiger partial charge on any atom is -0.506 e. The smallest absolute Gasteiger partial charge is 0.397 e. The van der Waals surface area contributed by atoms with Gasteiger partial charge in [0.1, 0.15) is 32.1 Å². The molecule has 346 valence electrons. The lowest BCUT2D eigenvalue weighted by molar-refractivity contribution is 0.0980. The van der Waals surface area contributed by atoms with E-state index in [-0.39, 0.29) is 50.7 Å². The van der Waals surface area contributed by atoms with Crippen molar-refractivity contribution in [3.63, 3.8) is 0 Å². The fourth-order valence-corrected chi connectivity index (χ4v) is 11.4. The molecule has 0 bridgehead atoms. The second-order valence-corrected chi connectivity index (χ2v) is 21.9. The number of benzene rings is 4. The second kappa shape index (κ2) is 17.0. The first-order chi connectivity index (χ1) is 29.8. The number of nitrogens with zero attached hydrogens (tertiary/aromatic N) is 3. The average molecular weight is 1020 g/mol. The number of hydrogen-bond donors (Lipinski definition) is 7. The maximum atomic E-state index is 14.0. The Morgan fingerprint density at radius 1 is 0.708 bits per heavy atom. The number of nitrogens with one attached hydrogen (secondary N) is 1. The van der Waals surface area contributed by atoms with Crippen LogP contribution in [0.25, 0.3) is 0 Å². The molecule has 0 fully saturated rings. The maximum Gasteiger partial charge on any atom is 0.397 e. The number of hydrogen-bond acceptors (Lipinski definition) is 19. The molecule has 0 amide bonds. The average Bonchev–Trinajstić information content (AvgIpc) is 3.16. The van der Waals surface area contributed by atoms with Gasteiger partial charge >= 0.3 is 10.4 Å².